The Balaban J connectivity index is 2.04. The van der Waals surface area contributed by atoms with Crippen LogP contribution in [-0.2, 0) is 0 Å². The first-order valence-corrected chi connectivity index (χ1v) is 13.4. The summed E-state index contributed by atoms with van der Waals surface area (Å²) in [5.41, 5.74) is 11.3. The topological polar surface area (TPSA) is 9.72 Å². The van der Waals surface area contributed by atoms with Gasteiger partial charge in [0.15, 0.2) is 0 Å². The molecule has 198 valence electrons. The van der Waals surface area contributed by atoms with Crippen molar-refractivity contribution >= 4 is 28.4 Å². The maximum absolute atomic E-state index is 3.97. The number of hydrogen-bond donors (Lipinski definition) is 0. The van der Waals surface area contributed by atoms with Crippen LogP contribution in [0.1, 0.15) is 30.5 Å². The van der Waals surface area contributed by atoms with Crippen molar-refractivity contribution < 1.29 is 0 Å². The van der Waals surface area contributed by atoms with E-state index in [4.69, 9.17) is 0 Å². The molecule has 0 radical (unpaired) electrons. The second kappa shape index (κ2) is 12.4. The van der Waals surface area contributed by atoms with Crippen molar-refractivity contribution in [3.05, 3.63) is 150 Å². The largest absolute Gasteiger partial charge is 0.343 e. The quantitative estimate of drug-likeness (QED) is 0.163. The molecule has 0 spiro atoms. The van der Waals surface area contributed by atoms with Gasteiger partial charge in [-0.25, -0.2) is 10.0 Å². The number of para-hydroxylation sites is 2. The molecule has 3 heteroatoms. The van der Waals surface area contributed by atoms with Gasteiger partial charge in [-0.2, -0.15) is 0 Å². The highest BCUT2D eigenvalue weighted by atomic mass is 15.6. The van der Waals surface area contributed by atoms with E-state index < -0.39 is 0 Å². The van der Waals surface area contributed by atoms with Gasteiger partial charge in [-0.3, -0.25) is 0 Å². The molecular formula is C36H39N3. The number of rotatable bonds is 9. The fraction of sp³-hybridized carbons (Fsp3) is 0.167. The van der Waals surface area contributed by atoms with Crippen LogP contribution in [0.4, 0.5) is 28.4 Å². The molecule has 0 fully saturated rings. The summed E-state index contributed by atoms with van der Waals surface area (Å²) in [6.07, 6.45) is 6.09. The van der Waals surface area contributed by atoms with Crippen molar-refractivity contribution in [2.75, 3.05) is 22.0 Å². The zero-order valence-electron chi connectivity index (χ0n) is 24.0. The minimum atomic E-state index is 1.07. The Hall–Kier alpha value is -4.50. The second-order valence-corrected chi connectivity index (χ2v) is 9.95. The van der Waals surface area contributed by atoms with E-state index in [1.807, 2.05) is 6.08 Å². The predicted molar refractivity (Wildman–Crippen MR) is 170 cm³/mol. The van der Waals surface area contributed by atoms with Gasteiger partial charge in [-0.1, -0.05) is 73.3 Å². The van der Waals surface area contributed by atoms with Crippen LogP contribution in [-0.4, -0.2) is 7.05 Å². The monoisotopic (exact) mass is 513 g/mol. The third-order valence-corrected chi connectivity index (χ3v) is 6.83. The predicted octanol–water partition coefficient (Wildman–Crippen LogP) is 9.98. The van der Waals surface area contributed by atoms with Gasteiger partial charge in [-0.15, -0.1) is 0 Å². The highest BCUT2D eigenvalue weighted by Crippen LogP contribution is 2.42. The molecule has 0 heterocycles. The Morgan fingerprint density at radius 3 is 1.74 bits per heavy atom. The molecule has 0 aliphatic rings. The molecule has 39 heavy (non-hydrogen) atoms. The lowest BCUT2D eigenvalue weighted by atomic mass is 10.1. The van der Waals surface area contributed by atoms with Crippen molar-refractivity contribution in [1.82, 2.24) is 0 Å². The summed E-state index contributed by atoms with van der Waals surface area (Å²) in [5, 5.41) is 4.65. The number of nitrogens with zero attached hydrogens (tertiary/aromatic N) is 3. The third-order valence-electron chi connectivity index (χ3n) is 6.83. The lowest BCUT2D eigenvalue weighted by molar-refractivity contribution is 0.924. The van der Waals surface area contributed by atoms with Gasteiger partial charge >= 0.3 is 0 Å². The molecule has 0 atom stereocenters. The second-order valence-electron chi connectivity index (χ2n) is 9.95. The first-order valence-electron chi connectivity index (χ1n) is 13.4. The summed E-state index contributed by atoms with van der Waals surface area (Å²) in [5.74, 6) is 0. The third kappa shape index (κ3) is 6.15. The van der Waals surface area contributed by atoms with E-state index in [1.165, 1.54) is 16.7 Å². The number of benzene rings is 4. The Morgan fingerprint density at radius 2 is 1.18 bits per heavy atom. The van der Waals surface area contributed by atoms with Crippen LogP contribution in [0.25, 0.3) is 0 Å². The minimum absolute atomic E-state index is 1.07. The van der Waals surface area contributed by atoms with Gasteiger partial charge in [0.2, 0.25) is 0 Å². The molecule has 4 rings (SSSR count). The van der Waals surface area contributed by atoms with Gasteiger partial charge in [0.1, 0.15) is 0 Å². The molecule has 0 saturated heterocycles. The Morgan fingerprint density at radius 1 is 0.667 bits per heavy atom. The molecule has 0 saturated carbocycles. The van der Waals surface area contributed by atoms with Gasteiger partial charge < -0.3 is 4.90 Å². The molecule has 4 aromatic carbocycles. The molecule has 0 aliphatic carbocycles. The average Bonchev–Trinajstić information content (AvgIpc) is 2.93. The van der Waals surface area contributed by atoms with Crippen molar-refractivity contribution in [2.45, 2.75) is 34.6 Å². The Labute approximate surface area is 234 Å². The van der Waals surface area contributed by atoms with E-state index in [0.29, 0.717) is 0 Å². The number of hydrazine groups is 1. The van der Waals surface area contributed by atoms with Crippen LogP contribution in [0.15, 0.2) is 133 Å². The van der Waals surface area contributed by atoms with Crippen LogP contribution in [0.3, 0.4) is 0 Å². The SMILES string of the molecule is C=C/C=C(C)\C(=C/C)N(c1cccc(C)c1)N(c1cccc(C)c1)c1ccccc1N(C)c1cccc(C)c1. The highest BCUT2D eigenvalue weighted by Gasteiger charge is 2.27. The number of anilines is 5. The van der Waals surface area contributed by atoms with Crippen LogP contribution >= 0.6 is 0 Å². The fourth-order valence-electron chi connectivity index (χ4n) is 4.93. The van der Waals surface area contributed by atoms with Crippen LogP contribution in [0.2, 0.25) is 0 Å². The smallest absolute Gasteiger partial charge is 0.0873 e. The van der Waals surface area contributed by atoms with E-state index in [-0.39, 0.29) is 0 Å². The van der Waals surface area contributed by atoms with E-state index in [0.717, 1.165) is 39.7 Å². The maximum Gasteiger partial charge on any atom is 0.0873 e. The summed E-state index contributed by atoms with van der Waals surface area (Å²) in [7, 11) is 2.14. The molecule has 0 amide bonds. The number of hydrogen-bond acceptors (Lipinski definition) is 3. The first-order chi connectivity index (χ1) is 18.8. The molecule has 0 N–H and O–H groups in total. The van der Waals surface area contributed by atoms with Crippen molar-refractivity contribution in [1.29, 1.82) is 0 Å². The van der Waals surface area contributed by atoms with Crippen LogP contribution in [0, 0.1) is 20.8 Å². The zero-order chi connectivity index (χ0) is 27.9. The van der Waals surface area contributed by atoms with Gasteiger partial charge in [0.25, 0.3) is 0 Å². The summed E-state index contributed by atoms with van der Waals surface area (Å²) < 4.78 is 0. The lowest BCUT2D eigenvalue weighted by Crippen LogP contribution is -2.40. The highest BCUT2D eigenvalue weighted by molar-refractivity contribution is 5.85. The summed E-state index contributed by atoms with van der Waals surface area (Å²) in [4.78, 5) is 2.27. The zero-order valence-corrected chi connectivity index (χ0v) is 24.0. The van der Waals surface area contributed by atoms with E-state index >= 15 is 0 Å². The summed E-state index contributed by atoms with van der Waals surface area (Å²) in [6.45, 7) is 14.6. The standard InChI is InChI=1S/C36H39N3/c1-8-15-30(6)34(9-2)38(32-20-13-17-28(4)25-32)39(33-21-14-18-29(5)26-33)36-23-11-10-22-35(36)37(7)31-19-12-16-27(3)24-31/h8-26H,1H2,2-7H3/b30-15-,34-9+. The first kappa shape index (κ1) is 27.5. The van der Waals surface area contributed by atoms with Crippen LogP contribution < -0.4 is 14.9 Å². The molecule has 4 aromatic rings. The minimum Gasteiger partial charge on any atom is -0.343 e. The van der Waals surface area contributed by atoms with E-state index in [1.54, 1.807) is 0 Å². The normalized spacial score (nSPS) is 11.7. The summed E-state index contributed by atoms with van der Waals surface area (Å²) >= 11 is 0. The summed E-state index contributed by atoms with van der Waals surface area (Å²) in [6, 6.07) is 34.6. The Bertz CT molecular complexity index is 1510. The Kier molecular flexibility index (Phi) is 8.73. The van der Waals surface area contributed by atoms with E-state index in [9.17, 15) is 0 Å². The molecule has 0 unspecified atom stereocenters. The number of aryl methyl sites for hydroxylation is 3. The van der Waals surface area contributed by atoms with Gasteiger partial charge in [-0.05, 0) is 105 Å². The van der Waals surface area contributed by atoms with Crippen molar-refractivity contribution in [3.8, 4) is 0 Å². The molecule has 3 nitrogen and oxygen atoms in total. The average molecular weight is 514 g/mol. The van der Waals surface area contributed by atoms with Crippen molar-refractivity contribution in [3.63, 3.8) is 0 Å². The van der Waals surface area contributed by atoms with E-state index in [2.05, 4.69) is 172 Å². The fourth-order valence-corrected chi connectivity index (χ4v) is 4.93. The maximum atomic E-state index is 3.97. The van der Waals surface area contributed by atoms with Crippen LogP contribution in [0.5, 0.6) is 0 Å². The molecule has 0 aliphatic heterocycles. The molecular weight excluding hydrogens is 474 g/mol. The van der Waals surface area contributed by atoms with Gasteiger partial charge in [0, 0.05) is 12.7 Å². The number of allylic oxidation sites excluding steroid dienone is 4. The van der Waals surface area contributed by atoms with Gasteiger partial charge in [0.05, 0.1) is 28.4 Å². The van der Waals surface area contributed by atoms with Crippen molar-refractivity contribution in [2.24, 2.45) is 0 Å². The molecule has 0 aromatic heterocycles. The molecule has 0 bridgehead atoms. The lowest BCUT2D eigenvalue weighted by Gasteiger charge is -2.42.